The van der Waals surface area contributed by atoms with E-state index in [2.05, 4.69) is 80.2 Å². The van der Waals surface area contributed by atoms with Crippen LogP contribution in [0.15, 0.2) is 59.7 Å². The van der Waals surface area contributed by atoms with Crippen LogP contribution in [0, 0.1) is 34.5 Å². The molecular weight excluding hydrogens is 863 g/mol. The van der Waals surface area contributed by atoms with Crippen LogP contribution in [-0.2, 0) is 36.7 Å². The third-order valence-electron chi connectivity index (χ3n) is 15.0. The normalized spacial score (nSPS) is 26.9. The van der Waals surface area contributed by atoms with E-state index in [1.807, 2.05) is 32.2 Å². The van der Waals surface area contributed by atoms with E-state index < -0.39 is 29.4 Å². The average molecular weight is 924 g/mol. The zero-order valence-electron chi connectivity index (χ0n) is 39.8. The third kappa shape index (κ3) is 8.73. The number of piperazine rings is 1. The molecule has 6 atom stereocenters. The van der Waals surface area contributed by atoms with Crippen molar-refractivity contribution in [3.8, 4) is 28.6 Å². The molecule has 10 rings (SSSR count). The molecule has 1 aromatic carbocycles. The number of esters is 1. The van der Waals surface area contributed by atoms with Crippen LogP contribution in [0.3, 0.4) is 0 Å². The highest BCUT2D eigenvalue weighted by Crippen LogP contribution is 2.53. The number of hydrogen-bond donors (Lipinski definition) is 2. The number of hydrogen-bond acceptors (Lipinski definition) is 14. The highest BCUT2D eigenvalue weighted by atomic mass is 16.5. The monoisotopic (exact) mass is 923 g/mol. The first-order valence-corrected chi connectivity index (χ1v) is 24.1. The molecule has 4 fully saturated rings. The third-order valence-corrected chi connectivity index (χ3v) is 15.0. The van der Waals surface area contributed by atoms with Crippen molar-refractivity contribution in [1.29, 1.82) is 5.26 Å². The quantitative estimate of drug-likeness (QED) is 0.178. The van der Waals surface area contributed by atoms with Crippen LogP contribution in [0.25, 0.3) is 33.4 Å². The molecule has 2 saturated carbocycles. The summed E-state index contributed by atoms with van der Waals surface area (Å²) in [6.07, 6.45) is 9.37. The van der Waals surface area contributed by atoms with E-state index in [9.17, 15) is 19.6 Å². The van der Waals surface area contributed by atoms with Crippen LogP contribution in [-0.4, -0.2) is 118 Å². The smallest absolute Gasteiger partial charge is 0.324 e. The number of cyclic esters (lactones) is 1. The lowest BCUT2D eigenvalue weighted by atomic mass is 9.80. The highest BCUT2D eigenvalue weighted by molar-refractivity contribution is 5.96. The van der Waals surface area contributed by atoms with E-state index in [1.54, 1.807) is 19.6 Å². The van der Waals surface area contributed by atoms with Gasteiger partial charge in [0.25, 0.3) is 5.91 Å². The summed E-state index contributed by atoms with van der Waals surface area (Å²) in [4.78, 5) is 65.9. The van der Waals surface area contributed by atoms with Gasteiger partial charge in [-0.3, -0.25) is 24.4 Å². The summed E-state index contributed by atoms with van der Waals surface area (Å²) in [5.41, 5.74) is 10.7. The van der Waals surface area contributed by atoms with Gasteiger partial charge in [-0.2, -0.15) is 5.26 Å². The molecule has 2 amide bonds. The number of nitrogens with zero attached hydrogens (tertiary/aromatic N) is 9. The molecule has 4 aromatic heterocycles. The molecule has 0 unspecified atom stereocenters. The van der Waals surface area contributed by atoms with Gasteiger partial charge in [0.1, 0.15) is 30.4 Å². The maximum Gasteiger partial charge on any atom is 0.324 e. The Bertz CT molecular complexity index is 2750. The van der Waals surface area contributed by atoms with E-state index in [0.29, 0.717) is 44.3 Å². The number of carbonyl (C=O) groups excluding carboxylic acids is 3. The molecular formula is C51H61N11O6. The van der Waals surface area contributed by atoms with Crippen molar-refractivity contribution < 1.29 is 28.3 Å². The van der Waals surface area contributed by atoms with Gasteiger partial charge >= 0.3 is 5.97 Å². The Hall–Kier alpha value is -6.22. The van der Waals surface area contributed by atoms with Crippen molar-refractivity contribution in [1.82, 2.24) is 45.2 Å². The molecule has 356 valence electrons. The lowest BCUT2D eigenvalue weighted by Gasteiger charge is -2.36. The molecule has 5 aromatic rings. The lowest BCUT2D eigenvalue weighted by Crippen LogP contribution is -2.60. The summed E-state index contributed by atoms with van der Waals surface area (Å²) >= 11 is 0. The number of aromatic nitrogens is 5. The number of methoxy groups -OCH3 is 1. The predicted molar refractivity (Wildman–Crippen MR) is 253 cm³/mol. The standard InChI is InChI=1S/C51H61N11O6/c1-29-44(38-11-12-53-28-55-38)45(29)48(63)57-40-22-43-56-41(26-67-43)32-9-10-42-35(20-32)37(23-51(3,4)27-68-50(65)39-8-7-13-61(58-39)49(40)64)47(62(42)33-18-31(19-33)24-52)36-21-34(25-54-46(36)30(2)66-6)60-16-14-59(5)15-17-60/h9-12,20-21,25-26,28-31,33,39-40,44-45,58H,7-8,13-19,22-23,27H2,1-6H3,(H,57,63)/t29-,30-,31?,33?,39-,40-,44-,45+/m0/s1. The van der Waals surface area contributed by atoms with Crippen LogP contribution in [0.2, 0.25) is 0 Å². The van der Waals surface area contributed by atoms with Crippen molar-refractivity contribution in [3.05, 3.63) is 78.2 Å². The summed E-state index contributed by atoms with van der Waals surface area (Å²) < 4.78 is 20.8. The van der Waals surface area contributed by atoms with E-state index in [-0.39, 0.29) is 60.6 Å². The van der Waals surface area contributed by atoms with Crippen LogP contribution >= 0.6 is 0 Å². The van der Waals surface area contributed by atoms with Crippen LogP contribution in [0.1, 0.15) is 94.3 Å². The summed E-state index contributed by atoms with van der Waals surface area (Å²) in [6.45, 7) is 12.3. The highest BCUT2D eigenvalue weighted by Gasteiger charge is 2.54. The van der Waals surface area contributed by atoms with Gasteiger partial charge in [0, 0.05) is 97.0 Å². The number of pyridine rings is 1. The van der Waals surface area contributed by atoms with Crippen molar-refractivity contribution >= 4 is 34.4 Å². The number of oxazole rings is 1. The van der Waals surface area contributed by atoms with Gasteiger partial charge in [-0.1, -0.05) is 26.8 Å². The van der Waals surface area contributed by atoms with E-state index in [1.165, 1.54) is 11.3 Å². The summed E-state index contributed by atoms with van der Waals surface area (Å²) in [5, 5.41) is 15.5. The molecule has 2 N–H and O–H groups in total. The van der Waals surface area contributed by atoms with Crippen LogP contribution in [0.5, 0.6) is 0 Å². The first-order valence-electron chi connectivity index (χ1n) is 24.1. The zero-order chi connectivity index (χ0) is 47.4. The molecule has 2 aliphatic carbocycles. The molecule has 0 spiro atoms. The first kappa shape index (κ1) is 45.6. The maximum absolute atomic E-state index is 14.5. The zero-order valence-corrected chi connectivity index (χ0v) is 39.8. The maximum atomic E-state index is 14.5. The molecule has 0 radical (unpaired) electrons. The van der Waals surface area contributed by atoms with Crippen LogP contribution < -0.4 is 15.6 Å². The SMILES string of the molecule is CO[C@@H](C)c1ncc(N2CCN(C)CC2)cc1-c1c2c3cc(ccc3n1C1CC(C#N)C1)-c1coc(n1)C[C@H](NC(=O)[C@@H]1[C@@H](C)[C@H]1c1ccncn1)C(=O)N1CCC[C@H](N1)C(=O)OCC(C)(C)C2. The second kappa shape index (κ2) is 18.4. The second-order valence-electron chi connectivity index (χ2n) is 20.4. The number of anilines is 1. The van der Waals surface area contributed by atoms with E-state index in [4.69, 9.17) is 23.9 Å². The number of benzene rings is 1. The molecule has 17 nitrogen and oxygen atoms in total. The molecule has 2 saturated heterocycles. The fourth-order valence-electron chi connectivity index (χ4n) is 10.8. The largest absolute Gasteiger partial charge is 0.464 e. The van der Waals surface area contributed by atoms with Gasteiger partial charge in [-0.15, -0.1) is 0 Å². The van der Waals surface area contributed by atoms with Crippen molar-refractivity contribution in [2.75, 3.05) is 58.4 Å². The summed E-state index contributed by atoms with van der Waals surface area (Å²) in [5.74, 6) is -1.34. The van der Waals surface area contributed by atoms with Gasteiger partial charge in [0.2, 0.25) is 5.91 Å². The number of likely N-dealkylation sites (N-methyl/N-ethyl adjacent to an activating group) is 1. The minimum Gasteiger partial charge on any atom is -0.464 e. The Balaban J connectivity index is 1.09. The summed E-state index contributed by atoms with van der Waals surface area (Å²) in [6, 6.07) is 11.2. The number of nitriles is 1. The minimum atomic E-state index is -1.04. The van der Waals surface area contributed by atoms with Crippen molar-refractivity contribution in [3.63, 3.8) is 0 Å². The molecule has 7 heterocycles. The van der Waals surface area contributed by atoms with E-state index in [0.717, 1.165) is 76.5 Å². The Morgan fingerprint density at radius 2 is 1.90 bits per heavy atom. The Kier molecular flexibility index (Phi) is 12.3. The number of nitrogens with one attached hydrogen (secondary N) is 2. The van der Waals surface area contributed by atoms with Gasteiger partial charge in [0.05, 0.1) is 54.4 Å². The Labute approximate surface area is 396 Å². The van der Waals surface area contributed by atoms with Gasteiger partial charge in [-0.25, -0.2) is 20.4 Å². The van der Waals surface area contributed by atoms with Gasteiger partial charge in [0.15, 0.2) is 5.89 Å². The van der Waals surface area contributed by atoms with Gasteiger partial charge in [-0.05, 0) is 81.8 Å². The number of carbonyl (C=O) groups is 3. The fourth-order valence-corrected chi connectivity index (χ4v) is 10.8. The van der Waals surface area contributed by atoms with Gasteiger partial charge < -0.3 is 33.6 Å². The Morgan fingerprint density at radius 3 is 2.65 bits per heavy atom. The van der Waals surface area contributed by atoms with Crippen molar-refractivity contribution in [2.45, 2.75) is 96.4 Å². The molecule has 6 bridgehead atoms. The fraction of sp³-hybridized carbons (Fsp3) is 0.529. The average Bonchev–Trinajstić information content (AvgIpc) is 3.62. The lowest BCUT2D eigenvalue weighted by molar-refractivity contribution is -0.155. The second-order valence-corrected chi connectivity index (χ2v) is 20.4. The first-order chi connectivity index (χ1) is 32.8. The molecule has 5 aliphatic rings. The predicted octanol–water partition coefficient (Wildman–Crippen LogP) is 5.78. The number of amides is 2. The topological polar surface area (TPSA) is 197 Å². The number of ether oxygens (including phenoxy) is 2. The summed E-state index contributed by atoms with van der Waals surface area (Å²) in [7, 11) is 3.85. The molecule has 68 heavy (non-hydrogen) atoms. The minimum absolute atomic E-state index is 0.0157. The van der Waals surface area contributed by atoms with Crippen molar-refractivity contribution in [2.24, 2.45) is 23.2 Å². The number of hydrazine groups is 1. The van der Waals surface area contributed by atoms with Crippen LogP contribution in [0.4, 0.5) is 5.69 Å². The number of rotatable bonds is 8. The number of fused-ring (bicyclic) bond motifs is 6. The Morgan fingerprint density at radius 1 is 1.09 bits per heavy atom. The molecule has 17 heteroatoms. The van der Waals surface area contributed by atoms with E-state index >= 15 is 0 Å². The molecule has 3 aliphatic heterocycles.